The fourth-order valence-electron chi connectivity index (χ4n) is 2.04. The summed E-state index contributed by atoms with van der Waals surface area (Å²) in [6.07, 6.45) is 0.714. The summed E-state index contributed by atoms with van der Waals surface area (Å²) >= 11 is 5.81. The monoisotopic (exact) mass is 396 g/mol. The minimum absolute atomic E-state index is 0.158. The highest BCUT2D eigenvalue weighted by molar-refractivity contribution is 7.89. The van der Waals surface area contributed by atoms with Crippen molar-refractivity contribution in [2.45, 2.75) is 24.8 Å². The fraction of sp³-hybridized carbons (Fsp3) is 0.278. The Labute approximate surface area is 158 Å². The summed E-state index contributed by atoms with van der Waals surface area (Å²) in [7, 11) is -3.51. The quantitative estimate of drug-likeness (QED) is 0.682. The van der Waals surface area contributed by atoms with Gasteiger partial charge in [-0.2, -0.15) is 0 Å². The van der Waals surface area contributed by atoms with Gasteiger partial charge in [-0.15, -0.1) is 0 Å². The number of ether oxygens (including phenoxy) is 1. The van der Waals surface area contributed by atoms with Crippen LogP contribution in [-0.4, -0.2) is 27.5 Å². The summed E-state index contributed by atoms with van der Waals surface area (Å²) in [5, 5.41) is 3.37. The molecule has 0 atom stereocenters. The van der Waals surface area contributed by atoms with Gasteiger partial charge >= 0.3 is 0 Å². The Morgan fingerprint density at radius 3 is 2.35 bits per heavy atom. The van der Waals surface area contributed by atoms with Crippen LogP contribution in [0, 0.1) is 0 Å². The maximum atomic E-state index is 12.0. The van der Waals surface area contributed by atoms with Crippen molar-refractivity contribution in [2.24, 2.45) is 0 Å². The Balaban J connectivity index is 1.81. The van der Waals surface area contributed by atoms with E-state index >= 15 is 0 Å². The number of rotatable bonds is 9. The van der Waals surface area contributed by atoms with Gasteiger partial charge in [0.15, 0.2) is 6.61 Å². The number of carbonyl (C=O) groups is 1. The van der Waals surface area contributed by atoms with E-state index < -0.39 is 10.0 Å². The molecule has 2 N–H and O–H groups in total. The van der Waals surface area contributed by atoms with Crippen LogP contribution >= 0.6 is 11.6 Å². The number of hydrogen-bond donors (Lipinski definition) is 2. The van der Waals surface area contributed by atoms with Crippen molar-refractivity contribution in [3.63, 3.8) is 0 Å². The first-order chi connectivity index (χ1) is 12.4. The van der Waals surface area contributed by atoms with Crippen LogP contribution in [0.4, 0.5) is 0 Å². The highest BCUT2D eigenvalue weighted by Crippen LogP contribution is 2.16. The van der Waals surface area contributed by atoms with E-state index in [1.54, 1.807) is 12.1 Å². The molecule has 2 rings (SSSR count). The van der Waals surface area contributed by atoms with Crippen LogP contribution in [0.15, 0.2) is 53.4 Å². The van der Waals surface area contributed by atoms with Gasteiger partial charge in [-0.25, -0.2) is 13.1 Å². The summed E-state index contributed by atoms with van der Waals surface area (Å²) in [6, 6.07) is 13.1. The summed E-state index contributed by atoms with van der Waals surface area (Å²) < 4.78 is 31.8. The Morgan fingerprint density at radius 1 is 1.08 bits per heavy atom. The average molecular weight is 397 g/mol. The molecule has 0 radical (unpaired) electrons. The molecule has 0 aromatic heterocycles. The van der Waals surface area contributed by atoms with Crippen LogP contribution in [0.25, 0.3) is 0 Å². The van der Waals surface area contributed by atoms with E-state index in [4.69, 9.17) is 16.3 Å². The van der Waals surface area contributed by atoms with Crippen molar-refractivity contribution in [1.29, 1.82) is 0 Å². The molecule has 6 nitrogen and oxygen atoms in total. The van der Waals surface area contributed by atoms with E-state index in [0.29, 0.717) is 30.3 Å². The van der Waals surface area contributed by atoms with Gasteiger partial charge in [-0.05, 0) is 48.4 Å². The number of amides is 1. The zero-order valence-corrected chi connectivity index (χ0v) is 15.9. The first kappa shape index (κ1) is 20.2. The molecule has 140 valence electrons. The van der Waals surface area contributed by atoms with Crippen LogP contribution in [0.2, 0.25) is 5.02 Å². The molecular weight excluding hydrogens is 376 g/mol. The number of nitrogens with one attached hydrogen (secondary N) is 2. The van der Waals surface area contributed by atoms with E-state index in [0.717, 1.165) is 5.56 Å². The van der Waals surface area contributed by atoms with Gasteiger partial charge in [0, 0.05) is 18.1 Å². The third kappa shape index (κ3) is 6.33. The van der Waals surface area contributed by atoms with Crippen molar-refractivity contribution in [3.05, 3.63) is 59.1 Å². The largest absolute Gasteiger partial charge is 0.484 e. The zero-order valence-electron chi connectivity index (χ0n) is 14.4. The maximum Gasteiger partial charge on any atom is 0.258 e. The first-order valence-electron chi connectivity index (χ1n) is 8.14. The van der Waals surface area contributed by atoms with E-state index in [2.05, 4.69) is 10.0 Å². The topological polar surface area (TPSA) is 84.5 Å². The number of carbonyl (C=O) groups excluding carboxylic acids is 1. The number of benzene rings is 2. The van der Waals surface area contributed by atoms with Gasteiger partial charge < -0.3 is 10.1 Å². The molecule has 0 aliphatic heterocycles. The first-order valence-corrected chi connectivity index (χ1v) is 10.0. The molecular formula is C18H21ClN2O4S. The molecule has 0 aliphatic carbocycles. The van der Waals surface area contributed by atoms with E-state index in [9.17, 15) is 13.2 Å². The molecule has 1 amide bonds. The van der Waals surface area contributed by atoms with Gasteiger partial charge in [0.2, 0.25) is 10.0 Å². The van der Waals surface area contributed by atoms with Crippen LogP contribution < -0.4 is 14.8 Å². The van der Waals surface area contributed by atoms with Crippen LogP contribution in [0.5, 0.6) is 5.75 Å². The van der Waals surface area contributed by atoms with Crippen LogP contribution in [0.3, 0.4) is 0 Å². The van der Waals surface area contributed by atoms with E-state index in [1.807, 2.05) is 19.1 Å². The van der Waals surface area contributed by atoms with Crippen molar-refractivity contribution in [3.8, 4) is 5.75 Å². The SMILES string of the molecule is CCCNS(=O)(=O)c1ccc(OCC(=O)NCc2ccc(Cl)cc2)cc1. The lowest BCUT2D eigenvalue weighted by Gasteiger charge is -2.09. The summed E-state index contributed by atoms with van der Waals surface area (Å²) in [5.74, 6) is 0.141. The normalized spacial score (nSPS) is 11.2. The Morgan fingerprint density at radius 2 is 1.73 bits per heavy atom. The predicted molar refractivity (Wildman–Crippen MR) is 101 cm³/mol. The molecule has 2 aromatic rings. The standard InChI is InChI=1S/C18H21ClN2O4S/c1-2-11-21-26(23,24)17-9-7-16(8-10-17)25-13-18(22)20-12-14-3-5-15(19)6-4-14/h3-10,21H,2,11-13H2,1H3,(H,20,22). The average Bonchev–Trinajstić information content (AvgIpc) is 2.64. The van der Waals surface area contributed by atoms with Gasteiger partial charge in [0.1, 0.15) is 5.75 Å². The molecule has 26 heavy (non-hydrogen) atoms. The highest BCUT2D eigenvalue weighted by Gasteiger charge is 2.13. The minimum Gasteiger partial charge on any atom is -0.484 e. The lowest BCUT2D eigenvalue weighted by atomic mass is 10.2. The summed E-state index contributed by atoms with van der Waals surface area (Å²) in [4.78, 5) is 12.0. The van der Waals surface area contributed by atoms with Crippen LogP contribution in [0.1, 0.15) is 18.9 Å². The second kappa shape index (κ2) is 9.56. The van der Waals surface area contributed by atoms with E-state index in [1.165, 1.54) is 24.3 Å². The fourth-order valence-corrected chi connectivity index (χ4v) is 3.30. The van der Waals surface area contributed by atoms with Crippen molar-refractivity contribution < 1.29 is 17.9 Å². The summed E-state index contributed by atoms with van der Waals surface area (Å²) in [5.41, 5.74) is 0.928. The third-order valence-corrected chi connectivity index (χ3v) is 5.18. The second-order valence-corrected chi connectivity index (χ2v) is 7.76. The van der Waals surface area contributed by atoms with E-state index in [-0.39, 0.29) is 17.4 Å². The molecule has 0 unspecified atom stereocenters. The molecule has 2 aromatic carbocycles. The Bertz CT molecular complexity index is 821. The highest BCUT2D eigenvalue weighted by atomic mass is 35.5. The van der Waals surface area contributed by atoms with Crippen LogP contribution in [-0.2, 0) is 21.4 Å². The second-order valence-electron chi connectivity index (χ2n) is 5.56. The molecule has 0 aliphatic rings. The molecule has 0 saturated heterocycles. The molecule has 0 saturated carbocycles. The maximum absolute atomic E-state index is 12.0. The number of hydrogen-bond acceptors (Lipinski definition) is 4. The molecule has 8 heteroatoms. The van der Waals surface area contributed by atoms with Crippen molar-refractivity contribution >= 4 is 27.5 Å². The van der Waals surface area contributed by atoms with Crippen molar-refractivity contribution in [1.82, 2.24) is 10.0 Å². The van der Waals surface area contributed by atoms with Crippen molar-refractivity contribution in [2.75, 3.05) is 13.2 Å². The van der Waals surface area contributed by atoms with Gasteiger partial charge in [-0.3, -0.25) is 4.79 Å². The van der Waals surface area contributed by atoms with Gasteiger partial charge in [0.05, 0.1) is 4.90 Å². The number of sulfonamides is 1. The Kier molecular flexibility index (Phi) is 7.44. The molecule has 0 heterocycles. The lowest BCUT2D eigenvalue weighted by molar-refractivity contribution is -0.123. The summed E-state index contributed by atoms with van der Waals surface area (Å²) in [6.45, 7) is 2.49. The lowest BCUT2D eigenvalue weighted by Crippen LogP contribution is -2.28. The molecule has 0 spiro atoms. The predicted octanol–water partition coefficient (Wildman–Crippen LogP) is 2.72. The molecule has 0 bridgehead atoms. The number of halogens is 1. The molecule has 0 fully saturated rings. The zero-order chi connectivity index (χ0) is 19.0. The minimum atomic E-state index is -3.51. The third-order valence-electron chi connectivity index (χ3n) is 3.45. The smallest absolute Gasteiger partial charge is 0.258 e. The van der Waals surface area contributed by atoms with Gasteiger partial charge in [-0.1, -0.05) is 30.7 Å². The van der Waals surface area contributed by atoms with Gasteiger partial charge in [0.25, 0.3) is 5.91 Å². The Hall–Kier alpha value is -2.09.